The first-order valence-electron chi connectivity index (χ1n) is 7.72. The Balaban J connectivity index is 0.00000225. The number of hydrogen-bond donors (Lipinski definition) is 1. The Labute approximate surface area is 155 Å². The molecule has 1 aromatic heterocycles. The molecule has 138 valence electrons. The van der Waals surface area contributed by atoms with Crippen molar-refractivity contribution in [2.24, 2.45) is 0 Å². The second-order valence-corrected chi connectivity index (χ2v) is 6.48. The lowest BCUT2D eigenvalue weighted by Gasteiger charge is -2.36. The van der Waals surface area contributed by atoms with Gasteiger partial charge in [0.1, 0.15) is 5.75 Å². The number of ether oxygens (including phenoxy) is 1. The zero-order valence-corrected chi connectivity index (χ0v) is 15.3. The molecule has 0 bridgehead atoms. The number of nitrogens with one attached hydrogen (secondary N) is 1. The van der Waals surface area contributed by atoms with Crippen LogP contribution in [0.2, 0.25) is 0 Å². The van der Waals surface area contributed by atoms with Crippen LogP contribution in [0.3, 0.4) is 0 Å². The fraction of sp³-hybridized carbons (Fsp3) is 0.412. The molecule has 1 aliphatic rings. The molecule has 0 aliphatic carbocycles. The smallest absolute Gasteiger partial charge is 0.416 e. The topological polar surface area (TPSA) is 24.5 Å². The molecule has 2 heterocycles. The Morgan fingerprint density at radius 1 is 1.20 bits per heavy atom. The first-order valence-corrected chi connectivity index (χ1v) is 8.67. The van der Waals surface area contributed by atoms with Crippen LogP contribution in [0.15, 0.2) is 35.0 Å². The van der Waals surface area contributed by atoms with Gasteiger partial charge >= 0.3 is 6.18 Å². The predicted molar refractivity (Wildman–Crippen MR) is 95.8 cm³/mol. The Morgan fingerprint density at radius 3 is 2.48 bits per heavy atom. The highest BCUT2D eigenvalue weighted by Crippen LogP contribution is 2.41. The SMILES string of the molecule is COc1ccc([C@@H](c2ccsc2)N2CCNCC2)c(C(F)(F)F)c1.Cl. The van der Waals surface area contributed by atoms with E-state index in [-0.39, 0.29) is 23.7 Å². The number of benzene rings is 1. The Morgan fingerprint density at radius 2 is 1.92 bits per heavy atom. The number of alkyl halides is 3. The van der Waals surface area contributed by atoms with Crippen LogP contribution in [0, 0.1) is 0 Å². The lowest BCUT2D eigenvalue weighted by molar-refractivity contribution is -0.138. The molecular weight excluding hydrogens is 373 g/mol. The molecule has 1 saturated heterocycles. The molecule has 0 amide bonds. The summed E-state index contributed by atoms with van der Waals surface area (Å²) in [6.07, 6.45) is -4.42. The Bertz CT molecular complexity index is 673. The van der Waals surface area contributed by atoms with E-state index in [1.807, 2.05) is 16.8 Å². The van der Waals surface area contributed by atoms with Gasteiger partial charge in [-0.3, -0.25) is 4.90 Å². The van der Waals surface area contributed by atoms with Crippen molar-refractivity contribution in [3.63, 3.8) is 0 Å². The molecule has 1 fully saturated rings. The number of nitrogens with zero attached hydrogens (tertiary/aromatic N) is 1. The highest BCUT2D eigenvalue weighted by atomic mass is 35.5. The van der Waals surface area contributed by atoms with Gasteiger partial charge in [-0.05, 0) is 40.1 Å². The number of hydrogen-bond acceptors (Lipinski definition) is 4. The maximum Gasteiger partial charge on any atom is 0.416 e. The molecule has 1 aromatic carbocycles. The van der Waals surface area contributed by atoms with E-state index in [4.69, 9.17) is 4.74 Å². The second-order valence-electron chi connectivity index (χ2n) is 5.70. The molecule has 8 heteroatoms. The first kappa shape index (κ1) is 20.0. The van der Waals surface area contributed by atoms with E-state index >= 15 is 0 Å². The summed E-state index contributed by atoms with van der Waals surface area (Å²) in [4.78, 5) is 2.11. The van der Waals surface area contributed by atoms with E-state index in [2.05, 4.69) is 10.2 Å². The molecule has 25 heavy (non-hydrogen) atoms. The summed E-state index contributed by atoms with van der Waals surface area (Å²) in [6, 6.07) is 5.75. The zero-order valence-electron chi connectivity index (χ0n) is 13.7. The quantitative estimate of drug-likeness (QED) is 0.844. The van der Waals surface area contributed by atoms with Crippen molar-refractivity contribution in [1.29, 1.82) is 0 Å². The van der Waals surface area contributed by atoms with Gasteiger partial charge in [0.2, 0.25) is 0 Å². The maximum atomic E-state index is 13.7. The van der Waals surface area contributed by atoms with E-state index in [1.54, 1.807) is 12.1 Å². The number of halogens is 4. The lowest BCUT2D eigenvalue weighted by Crippen LogP contribution is -2.45. The normalized spacial score (nSPS) is 17.0. The van der Waals surface area contributed by atoms with E-state index in [1.165, 1.54) is 18.4 Å². The van der Waals surface area contributed by atoms with Crippen molar-refractivity contribution in [2.75, 3.05) is 33.3 Å². The standard InChI is InChI=1S/C17H19F3N2OS.ClH/c1-23-13-2-3-14(15(10-13)17(18,19)20)16(12-4-9-24-11-12)22-7-5-21-6-8-22;/h2-4,9-11,16,21H,5-8H2,1H3;1H/t16-;/m1./s1. The monoisotopic (exact) mass is 392 g/mol. The van der Waals surface area contributed by atoms with E-state index < -0.39 is 17.8 Å². The van der Waals surface area contributed by atoms with Gasteiger partial charge in [0.25, 0.3) is 0 Å². The van der Waals surface area contributed by atoms with Crippen molar-refractivity contribution in [3.05, 3.63) is 51.7 Å². The van der Waals surface area contributed by atoms with Crippen LogP contribution in [0.1, 0.15) is 22.7 Å². The highest BCUT2D eigenvalue weighted by Gasteiger charge is 2.38. The van der Waals surface area contributed by atoms with Crippen LogP contribution >= 0.6 is 23.7 Å². The minimum Gasteiger partial charge on any atom is -0.497 e. The summed E-state index contributed by atoms with van der Waals surface area (Å²) in [7, 11) is 1.38. The van der Waals surface area contributed by atoms with Gasteiger partial charge in [0.05, 0.1) is 18.7 Å². The van der Waals surface area contributed by atoms with Gasteiger partial charge in [-0.15, -0.1) is 12.4 Å². The minimum absolute atomic E-state index is 0. The first-order chi connectivity index (χ1) is 11.5. The number of piperazine rings is 1. The summed E-state index contributed by atoms with van der Waals surface area (Å²) in [5, 5.41) is 7.08. The molecule has 0 radical (unpaired) electrons. The fourth-order valence-corrected chi connectivity index (χ4v) is 3.78. The third-order valence-corrected chi connectivity index (χ3v) is 4.94. The van der Waals surface area contributed by atoms with Crippen LogP contribution in [-0.2, 0) is 6.18 Å². The molecule has 3 rings (SSSR count). The number of rotatable bonds is 4. The van der Waals surface area contributed by atoms with Crippen molar-refractivity contribution in [3.8, 4) is 5.75 Å². The second kappa shape index (κ2) is 8.40. The van der Waals surface area contributed by atoms with Gasteiger partial charge in [0.15, 0.2) is 0 Å². The molecule has 2 aromatic rings. The van der Waals surface area contributed by atoms with Crippen LogP contribution in [0.5, 0.6) is 5.75 Å². The highest BCUT2D eigenvalue weighted by molar-refractivity contribution is 7.08. The Kier molecular flexibility index (Phi) is 6.73. The number of thiophene rings is 1. The summed E-state index contributed by atoms with van der Waals surface area (Å²) >= 11 is 1.50. The van der Waals surface area contributed by atoms with Gasteiger partial charge in [-0.25, -0.2) is 0 Å². The summed E-state index contributed by atoms with van der Waals surface area (Å²) < 4.78 is 45.9. The molecule has 1 N–H and O–H groups in total. The van der Waals surface area contributed by atoms with Gasteiger partial charge in [-0.2, -0.15) is 24.5 Å². The zero-order chi connectivity index (χ0) is 17.2. The third kappa shape index (κ3) is 4.47. The van der Waals surface area contributed by atoms with E-state index in [9.17, 15) is 13.2 Å². The van der Waals surface area contributed by atoms with Crippen molar-refractivity contribution >= 4 is 23.7 Å². The van der Waals surface area contributed by atoms with Gasteiger partial charge in [-0.1, -0.05) is 6.07 Å². The molecule has 1 atom stereocenters. The van der Waals surface area contributed by atoms with Crippen molar-refractivity contribution in [2.45, 2.75) is 12.2 Å². The maximum absolute atomic E-state index is 13.7. The molecule has 0 spiro atoms. The van der Waals surface area contributed by atoms with Crippen molar-refractivity contribution < 1.29 is 17.9 Å². The van der Waals surface area contributed by atoms with Crippen LogP contribution in [0.25, 0.3) is 0 Å². The summed E-state index contributed by atoms with van der Waals surface area (Å²) in [5.74, 6) is 0.218. The summed E-state index contributed by atoms with van der Waals surface area (Å²) in [6.45, 7) is 2.98. The third-order valence-electron chi connectivity index (χ3n) is 4.24. The molecule has 0 unspecified atom stereocenters. The van der Waals surface area contributed by atoms with Crippen LogP contribution in [-0.4, -0.2) is 38.2 Å². The van der Waals surface area contributed by atoms with Crippen molar-refractivity contribution in [1.82, 2.24) is 10.2 Å². The average Bonchev–Trinajstić information content (AvgIpc) is 3.09. The Hall–Kier alpha value is -1.28. The molecular formula is C17H20ClF3N2OS. The minimum atomic E-state index is -4.42. The summed E-state index contributed by atoms with van der Waals surface area (Å²) in [5.41, 5.74) is 0.553. The lowest BCUT2D eigenvalue weighted by atomic mass is 9.93. The average molecular weight is 393 g/mol. The number of methoxy groups -OCH3 is 1. The van der Waals surface area contributed by atoms with Gasteiger partial charge in [0, 0.05) is 26.2 Å². The van der Waals surface area contributed by atoms with Crippen LogP contribution in [0.4, 0.5) is 13.2 Å². The van der Waals surface area contributed by atoms with Crippen LogP contribution < -0.4 is 10.1 Å². The fourth-order valence-electron chi connectivity index (χ4n) is 3.10. The molecule has 1 aliphatic heterocycles. The van der Waals surface area contributed by atoms with E-state index in [0.717, 1.165) is 24.7 Å². The largest absolute Gasteiger partial charge is 0.497 e. The molecule has 0 saturated carbocycles. The predicted octanol–water partition coefficient (Wildman–Crippen LogP) is 4.19. The van der Waals surface area contributed by atoms with E-state index in [0.29, 0.717) is 13.1 Å². The molecule has 3 nitrogen and oxygen atoms in total. The van der Waals surface area contributed by atoms with Gasteiger partial charge < -0.3 is 10.1 Å².